The van der Waals surface area contributed by atoms with Crippen molar-refractivity contribution in [3.8, 4) is 5.69 Å². The second-order valence-electron chi connectivity index (χ2n) is 6.29. The quantitative estimate of drug-likeness (QED) is 0.604. The van der Waals surface area contributed by atoms with Gasteiger partial charge in [-0.15, -0.1) is 0 Å². The van der Waals surface area contributed by atoms with Crippen molar-refractivity contribution in [2.45, 2.75) is 13.1 Å². The first-order chi connectivity index (χ1) is 12.7. The summed E-state index contributed by atoms with van der Waals surface area (Å²) in [6.07, 6.45) is 1.95. The van der Waals surface area contributed by atoms with Gasteiger partial charge in [-0.25, -0.2) is 9.67 Å². The van der Waals surface area contributed by atoms with Gasteiger partial charge in [-0.2, -0.15) is 5.10 Å². The van der Waals surface area contributed by atoms with E-state index >= 15 is 0 Å². The fraction of sp³-hybridized carbons (Fsp3) is 0.150. The SMILES string of the molecule is CN(Cc1ccn(-c2ccccc2)n1)Cc1nc2ccccc2c(=O)[nH]1. The number of rotatable bonds is 5. The Morgan fingerprint density at radius 1 is 1.00 bits per heavy atom. The molecule has 4 rings (SSSR count). The van der Waals surface area contributed by atoms with Crippen molar-refractivity contribution in [1.82, 2.24) is 24.6 Å². The third-order valence-electron chi connectivity index (χ3n) is 4.18. The molecule has 0 bridgehead atoms. The highest BCUT2D eigenvalue weighted by atomic mass is 16.1. The van der Waals surface area contributed by atoms with Crippen LogP contribution in [0.3, 0.4) is 0 Å². The molecule has 2 aromatic carbocycles. The van der Waals surface area contributed by atoms with E-state index in [0.29, 0.717) is 29.8 Å². The number of para-hydroxylation sites is 2. The van der Waals surface area contributed by atoms with E-state index in [1.54, 1.807) is 6.07 Å². The van der Waals surface area contributed by atoms with Crippen molar-refractivity contribution in [2.24, 2.45) is 0 Å². The number of aromatic amines is 1. The summed E-state index contributed by atoms with van der Waals surface area (Å²) in [4.78, 5) is 21.7. The van der Waals surface area contributed by atoms with Gasteiger partial charge in [0.25, 0.3) is 5.56 Å². The Hall–Kier alpha value is -3.25. The van der Waals surface area contributed by atoms with Gasteiger partial charge in [0.15, 0.2) is 0 Å². The van der Waals surface area contributed by atoms with Gasteiger partial charge >= 0.3 is 0 Å². The lowest BCUT2D eigenvalue weighted by molar-refractivity contribution is 0.306. The van der Waals surface area contributed by atoms with Gasteiger partial charge in [-0.05, 0) is 37.4 Å². The number of fused-ring (bicyclic) bond motifs is 1. The molecule has 130 valence electrons. The minimum Gasteiger partial charge on any atom is -0.309 e. The van der Waals surface area contributed by atoms with E-state index in [-0.39, 0.29) is 5.56 Å². The average molecular weight is 345 g/mol. The van der Waals surface area contributed by atoms with Gasteiger partial charge in [0.05, 0.1) is 28.8 Å². The third kappa shape index (κ3) is 3.41. The van der Waals surface area contributed by atoms with Crippen LogP contribution in [0.5, 0.6) is 0 Å². The largest absolute Gasteiger partial charge is 0.309 e. The first kappa shape index (κ1) is 16.2. The minimum absolute atomic E-state index is 0.104. The number of benzene rings is 2. The van der Waals surface area contributed by atoms with E-state index < -0.39 is 0 Å². The van der Waals surface area contributed by atoms with E-state index in [0.717, 1.165) is 11.4 Å². The topological polar surface area (TPSA) is 66.8 Å². The van der Waals surface area contributed by atoms with Crippen LogP contribution in [0.25, 0.3) is 16.6 Å². The van der Waals surface area contributed by atoms with Gasteiger partial charge in [0.2, 0.25) is 0 Å². The van der Waals surface area contributed by atoms with Crippen molar-refractivity contribution >= 4 is 10.9 Å². The molecule has 0 unspecified atom stereocenters. The third-order valence-corrected chi connectivity index (χ3v) is 4.18. The van der Waals surface area contributed by atoms with Crippen LogP contribution in [0.15, 0.2) is 71.7 Å². The Balaban J connectivity index is 1.48. The number of aromatic nitrogens is 4. The molecule has 0 aliphatic carbocycles. The summed E-state index contributed by atoms with van der Waals surface area (Å²) in [5, 5.41) is 5.22. The molecule has 0 saturated carbocycles. The van der Waals surface area contributed by atoms with E-state index in [9.17, 15) is 4.79 Å². The molecule has 0 amide bonds. The Morgan fingerprint density at radius 2 is 1.77 bits per heavy atom. The summed E-state index contributed by atoms with van der Waals surface area (Å²) in [6, 6.07) is 19.4. The number of nitrogens with zero attached hydrogens (tertiary/aromatic N) is 4. The fourth-order valence-corrected chi connectivity index (χ4v) is 2.97. The number of hydrogen-bond acceptors (Lipinski definition) is 4. The van der Waals surface area contributed by atoms with Crippen LogP contribution >= 0.6 is 0 Å². The summed E-state index contributed by atoms with van der Waals surface area (Å²) in [5.74, 6) is 0.652. The predicted molar refractivity (Wildman–Crippen MR) is 101 cm³/mol. The molecule has 0 fully saturated rings. The molecule has 0 atom stereocenters. The van der Waals surface area contributed by atoms with Gasteiger partial charge in [0, 0.05) is 12.7 Å². The fourth-order valence-electron chi connectivity index (χ4n) is 2.97. The predicted octanol–water partition coefficient (Wildman–Crippen LogP) is 2.74. The molecule has 26 heavy (non-hydrogen) atoms. The summed E-state index contributed by atoms with van der Waals surface area (Å²) >= 11 is 0. The van der Waals surface area contributed by atoms with Crippen LogP contribution in [0, 0.1) is 0 Å². The zero-order valence-corrected chi connectivity index (χ0v) is 14.5. The Kier molecular flexibility index (Phi) is 4.33. The van der Waals surface area contributed by atoms with Crippen LogP contribution in [0.2, 0.25) is 0 Å². The van der Waals surface area contributed by atoms with Crippen LogP contribution in [0.1, 0.15) is 11.5 Å². The van der Waals surface area contributed by atoms with Crippen molar-refractivity contribution in [1.29, 1.82) is 0 Å². The monoisotopic (exact) mass is 345 g/mol. The zero-order valence-electron chi connectivity index (χ0n) is 14.5. The van der Waals surface area contributed by atoms with Crippen molar-refractivity contribution in [3.05, 3.63) is 88.7 Å². The molecule has 0 aliphatic rings. The molecule has 6 nitrogen and oxygen atoms in total. The highest BCUT2D eigenvalue weighted by Crippen LogP contribution is 2.10. The van der Waals surface area contributed by atoms with Crippen LogP contribution in [-0.2, 0) is 13.1 Å². The molecule has 1 N–H and O–H groups in total. The standard InChI is InChI=1S/C20H19N5O/c1-24(13-15-11-12-25(23-15)16-7-3-2-4-8-16)14-19-21-18-10-6-5-9-17(18)20(26)22-19/h2-12H,13-14H2,1H3,(H,21,22,26). The summed E-state index contributed by atoms with van der Waals surface area (Å²) in [7, 11) is 1.98. The molecule has 0 saturated heterocycles. The lowest BCUT2D eigenvalue weighted by Crippen LogP contribution is -2.22. The van der Waals surface area contributed by atoms with Crippen molar-refractivity contribution in [2.75, 3.05) is 7.05 Å². The van der Waals surface area contributed by atoms with E-state index in [1.165, 1.54) is 0 Å². The Labute approximate surface area is 150 Å². The van der Waals surface area contributed by atoms with E-state index in [2.05, 4.69) is 20.0 Å². The second kappa shape index (κ2) is 6.93. The lowest BCUT2D eigenvalue weighted by Gasteiger charge is -2.14. The maximum absolute atomic E-state index is 12.2. The highest BCUT2D eigenvalue weighted by Gasteiger charge is 2.09. The number of H-pyrrole nitrogens is 1. The second-order valence-corrected chi connectivity index (χ2v) is 6.29. The molecule has 0 radical (unpaired) electrons. The van der Waals surface area contributed by atoms with Gasteiger partial charge in [-0.3, -0.25) is 9.69 Å². The molecule has 4 aromatic rings. The number of nitrogens with one attached hydrogen (secondary N) is 1. The zero-order chi connectivity index (χ0) is 17.9. The summed E-state index contributed by atoms with van der Waals surface area (Å²) in [6.45, 7) is 1.20. The molecular formula is C20H19N5O. The normalized spacial score (nSPS) is 11.3. The van der Waals surface area contributed by atoms with Crippen LogP contribution in [0.4, 0.5) is 0 Å². The van der Waals surface area contributed by atoms with Gasteiger partial charge in [-0.1, -0.05) is 30.3 Å². The molecule has 0 aliphatic heterocycles. The summed E-state index contributed by atoms with van der Waals surface area (Å²) < 4.78 is 1.86. The van der Waals surface area contributed by atoms with Crippen molar-refractivity contribution in [3.63, 3.8) is 0 Å². The van der Waals surface area contributed by atoms with Gasteiger partial charge in [0.1, 0.15) is 5.82 Å². The van der Waals surface area contributed by atoms with E-state index in [1.807, 2.05) is 72.5 Å². The molecule has 6 heteroatoms. The molecule has 2 heterocycles. The highest BCUT2D eigenvalue weighted by molar-refractivity contribution is 5.77. The van der Waals surface area contributed by atoms with Crippen LogP contribution < -0.4 is 5.56 Å². The summed E-state index contributed by atoms with van der Waals surface area (Å²) in [5.41, 5.74) is 2.60. The first-order valence-corrected chi connectivity index (χ1v) is 8.45. The minimum atomic E-state index is -0.104. The molecule has 0 spiro atoms. The lowest BCUT2D eigenvalue weighted by atomic mass is 10.2. The maximum Gasteiger partial charge on any atom is 0.258 e. The van der Waals surface area contributed by atoms with Gasteiger partial charge < -0.3 is 4.98 Å². The molecule has 2 aromatic heterocycles. The maximum atomic E-state index is 12.2. The Bertz CT molecular complexity index is 1080. The Morgan fingerprint density at radius 3 is 2.62 bits per heavy atom. The average Bonchev–Trinajstić information content (AvgIpc) is 3.11. The van der Waals surface area contributed by atoms with E-state index in [4.69, 9.17) is 0 Å². The number of hydrogen-bond donors (Lipinski definition) is 1. The smallest absolute Gasteiger partial charge is 0.258 e. The molecular weight excluding hydrogens is 326 g/mol. The van der Waals surface area contributed by atoms with Crippen LogP contribution in [-0.4, -0.2) is 31.7 Å². The first-order valence-electron chi connectivity index (χ1n) is 8.45. The van der Waals surface area contributed by atoms with Crippen molar-refractivity contribution < 1.29 is 0 Å².